The van der Waals surface area contributed by atoms with Crippen LogP contribution in [-0.2, 0) is 19.3 Å². The first kappa shape index (κ1) is 73.4. The smallest absolute Gasteiger partial charge is 0.231 e. The molecule has 0 amide bonds. The van der Waals surface area contributed by atoms with Crippen LogP contribution >= 0.6 is 0 Å². The number of nitrogens with zero attached hydrogens (tertiary/aromatic N) is 5. The minimum absolute atomic E-state index is 0.358. The van der Waals surface area contributed by atoms with E-state index in [0.717, 1.165) is 29.1 Å². The van der Waals surface area contributed by atoms with E-state index in [1.807, 2.05) is 97.6 Å². The third-order valence-electron chi connectivity index (χ3n) is 15.1. The first-order valence-electron chi connectivity index (χ1n) is 33.1. The van der Waals surface area contributed by atoms with Gasteiger partial charge in [0.15, 0.2) is 11.5 Å². The molecule has 0 unspecified atom stereocenters. The number of benzene rings is 7. The lowest BCUT2D eigenvalue weighted by molar-refractivity contribution is 0.174. The van der Waals surface area contributed by atoms with Gasteiger partial charge in [0.1, 0.15) is 6.33 Å². The van der Waals surface area contributed by atoms with Crippen LogP contribution < -0.4 is 9.47 Å². The number of hydrogen-bond donors (Lipinski definition) is 0. The molecule has 13 rings (SSSR count). The lowest BCUT2D eigenvalue weighted by Gasteiger charge is -2.07. The van der Waals surface area contributed by atoms with E-state index in [4.69, 9.17) is 9.47 Å². The molecule has 0 atom stereocenters. The van der Waals surface area contributed by atoms with E-state index in [2.05, 4.69) is 259 Å². The van der Waals surface area contributed by atoms with E-state index in [0.29, 0.717) is 53.6 Å². The molecule has 0 fully saturated rings. The van der Waals surface area contributed by atoms with Gasteiger partial charge < -0.3 is 9.47 Å². The molecule has 7 aromatic carbocycles. The molecule has 0 saturated carbocycles. The van der Waals surface area contributed by atoms with Gasteiger partial charge in [0.2, 0.25) is 6.79 Å². The number of ether oxygens (including phenoxy) is 2. The number of hydrogen-bond acceptors (Lipinski definition) is 7. The van der Waals surface area contributed by atoms with Gasteiger partial charge in [0.25, 0.3) is 0 Å². The Morgan fingerprint density at radius 2 is 0.846 bits per heavy atom. The zero-order valence-electron chi connectivity index (χ0n) is 58.4. The van der Waals surface area contributed by atoms with Crippen LogP contribution in [0.4, 0.5) is 5.69 Å². The molecule has 0 radical (unpaired) electrons. The lowest BCUT2D eigenvalue weighted by Crippen LogP contribution is -1.93. The van der Waals surface area contributed by atoms with E-state index in [-0.39, 0.29) is 0 Å². The molecule has 7 heteroatoms. The number of rotatable bonds is 7. The highest BCUT2D eigenvalue weighted by atomic mass is 16.7. The van der Waals surface area contributed by atoms with Crippen LogP contribution in [0.1, 0.15) is 228 Å². The highest BCUT2D eigenvalue weighted by Gasteiger charge is 2.15. The molecule has 0 saturated heterocycles. The number of aliphatic imine (C=N–C) groups is 1. The van der Waals surface area contributed by atoms with Crippen molar-refractivity contribution in [3.63, 3.8) is 0 Å². The van der Waals surface area contributed by atoms with Crippen molar-refractivity contribution in [2.45, 2.75) is 192 Å². The van der Waals surface area contributed by atoms with Gasteiger partial charge in [0, 0.05) is 48.5 Å². The van der Waals surface area contributed by atoms with Gasteiger partial charge in [0.05, 0.1) is 11.2 Å². The Morgan fingerprint density at radius 3 is 1.41 bits per heavy atom. The van der Waals surface area contributed by atoms with Crippen molar-refractivity contribution in [1.29, 1.82) is 0 Å². The van der Waals surface area contributed by atoms with Crippen LogP contribution in [0, 0.1) is 5.41 Å². The first-order chi connectivity index (χ1) is 43.5. The van der Waals surface area contributed by atoms with Crippen LogP contribution in [-0.4, -0.2) is 32.9 Å². The Hall–Kier alpha value is -8.29. The standard InChI is InChI=1S/C13H14.C12H13N.C12H16.C11H13N.C10H12O2.C8H11N.C7H10N2.C6H6.C5H12/c1-10(2)12-8-7-11-5-3-4-6-13(11)9-12;1-9(2)11-6-5-10-4-3-7-13-12(10)8-11;1-9(2)11-7-6-10-4-3-5-12(10)8-11;1-8(2)10-4-3-9-5-6-12-11(9)7-10;1-7(2)8-3-4-9-10(5-8)12-6-11-9;1-7(2)8-3-5-9-6-4-8;1-6(2)7-3-4-8-5-9-7;1-2-4-6-5-3-1;1-5(2,3)4/h3-10H,1-2H3;3-9H,1-2H3;6-9H,3-5H2,1-2H3;3-4,6-8H,5H2,1-2H3;3-5,7H,6H2,1-2H3;3-7H,1-2H3;3-6H,1-2H3;1-6H;1-4H3. The summed E-state index contributed by atoms with van der Waals surface area (Å²) in [5, 5.41) is 3.88. The quantitative estimate of drug-likeness (QED) is 0.158. The summed E-state index contributed by atoms with van der Waals surface area (Å²) in [5.41, 5.74) is 16.7. The summed E-state index contributed by atoms with van der Waals surface area (Å²) in [6.45, 7) is 39.8. The highest BCUT2D eigenvalue weighted by molar-refractivity contribution is 5.83. The molecule has 0 N–H and O–H groups in total. The zero-order chi connectivity index (χ0) is 66.3. The molecule has 1 aliphatic carbocycles. The average molecular weight is 1220 g/mol. The van der Waals surface area contributed by atoms with Crippen molar-refractivity contribution in [2.75, 3.05) is 6.79 Å². The van der Waals surface area contributed by atoms with E-state index in [1.54, 1.807) is 23.7 Å². The van der Waals surface area contributed by atoms with Gasteiger partial charge in [-0.15, -0.1) is 0 Å². The third kappa shape index (κ3) is 27.0. The molecular weight excluding hydrogens is 1110 g/mol. The molecule has 0 bridgehead atoms. The Bertz CT molecular complexity index is 3450. The van der Waals surface area contributed by atoms with Gasteiger partial charge in [-0.05, 0) is 175 Å². The fraction of sp³-hybridized carbons (Fsp3) is 0.369. The Labute approximate surface area is 549 Å². The summed E-state index contributed by atoms with van der Waals surface area (Å²) < 4.78 is 10.5. The van der Waals surface area contributed by atoms with Gasteiger partial charge in [-0.2, -0.15) is 0 Å². The summed E-state index contributed by atoms with van der Waals surface area (Å²) in [6.07, 6.45) is 15.8. The number of fused-ring (bicyclic) bond motifs is 5. The van der Waals surface area contributed by atoms with Crippen LogP contribution in [0.2, 0.25) is 0 Å². The van der Waals surface area contributed by atoms with E-state index in [9.17, 15) is 0 Å². The summed E-state index contributed by atoms with van der Waals surface area (Å²) in [4.78, 5) is 20.5. The van der Waals surface area contributed by atoms with Gasteiger partial charge in [-0.1, -0.05) is 258 Å². The maximum absolute atomic E-state index is 5.27. The fourth-order valence-electron chi connectivity index (χ4n) is 9.48. The van der Waals surface area contributed by atoms with Crippen LogP contribution in [0.3, 0.4) is 0 Å². The number of pyridine rings is 2. The molecule has 7 nitrogen and oxygen atoms in total. The molecule has 2 aliphatic heterocycles. The fourth-order valence-corrected chi connectivity index (χ4v) is 9.48. The maximum Gasteiger partial charge on any atom is 0.231 e. The third-order valence-corrected chi connectivity index (χ3v) is 15.1. The largest absolute Gasteiger partial charge is 0.454 e. The summed E-state index contributed by atoms with van der Waals surface area (Å²) in [7, 11) is 0. The van der Waals surface area contributed by atoms with Gasteiger partial charge in [-0.25, -0.2) is 9.97 Å². The maximum atomic E-state index is 5.27. The van der Waals surface area contributed by atoms with Crippen molar-refractivity contribution in [2.24, 2.45) is 10.4 Å². The first-order valence-corrected chi connectivity index (χ1v) is 33.1. The summed E-state index contributed by atoms with van der Waals surface area (Å²) in [6, 6.07) is 63.4. The Kier molecular flexibility index (Phi) is 31.0. The molecule has 5 heterocycles. The molecule has 480 valence electrons. The molecule has 3 aromatic heterocycles. The van der Waals surface area contributed by atoms with Crippen molar-refractivity contribution < 1.29 is 9.47 Å². The molecule has 3 aliphatic rings. The second-order valence-electron chi connectivity index (χ2n) is 27.1. The van der Waals surface area contributed by atoms with E-state index >= 15 is 0 Å². The average Bonchev–Trinajstić information content (AvgIpc) is 2.39. The SMILES string of the molecule is CC(C)(C)C.CC(C)c1ccc2c(c1)CCC2.CC(C)c1ccc2c(c1)N=CC2.CC(C)c1ccc2c(c1)OCO2.CC(C)c1ccc2ccccc2c1.CC(C)c1ccc2cccnc2c1.CC(C)c1ccncc1.CC(C)c1ccncn1.c1ccccc1. The van der Waals surface area contributed by atoms with Crippen LogP contribution in [0.15, 0.2) is 218 Å². The minimum Gasteiger partial charge on any atom is -0.454 e. The Morgan fingerprint density at radius 1 is 0.363 bits per heavy atom. The molecule has 91 heavy (non-hydrogen) atoms. The predicted octanol–water partition coefficient (Wildman–Crippen LogP) is 23.8. The van der Waals surface area contributed by atoms with E-state index < -0.39 is 0 Å². The number of aryl methyl sites for hydroxylation is 2. The Balaban J connectivity index is 0.000000188. The summed E-state index contributed by atoms with van der Waals surface area (Å²) in [5.74, 6) is 5.87. The topological polar surface area (TPSA) is 82.4 Å². The van der Waals surface area contributed by atoms with Crippen LogP contribution in [0.25, 0.3) is 21.7 Å². The monoisotopic (exact) mass is 1220 g/mol. The minimum atomic E-state index is 0.358. The second kappa shape index (κ2) is 38.4. The van der Waals surface area contributed by atoms with E-state index in [1.165, 1.54) is 80.1 Å². The molecular formula is C84H107N5O2. The van der Waals surface area contributed by atoms with Gasteiger partial charge >= 0.3 is 0 Å². The summed E-state index contributed by atoms with van der Waals surface area (Å²) >= 11 is 0. The molecule has 10 aromatic rings. The van der Waals surface area contributed by atoms with Crippen molar-refractivity contribution >= 4 is 33.6 Å². The number of aromatic nitrogens is 4. The highest BCUT2D eigenvalue weighted by Crippen LogP contribution is 2.35. The van der Waals surface area contributed by atoms with Crippen molar-refractivity contribution in [3.8, 4) is 11.5 Å². The van der Waals surface area contributed by atoms with Crippen LogP contribution in [0.5, 0.6) is 11.5 Å². The van der Waals surface area contributed by atoms with Crippen molar-refractivity contribution in [1.82, 2.24) is 19.9 Å². The lowest BCUT2D eigenvalue weighted by atomic mass is 9.99. The van der Waals surface area contributed by atoms with Gasteiger partial charge in [-0.3, -0.25) is 15.0 Å². The normalized spacial score (nSPS) is 12.0. The second-order valence-corrected chi connectivity index (χ2v) is 27.1. The molecule has 0 spiro atoms. The zero-order valence-corrected chi connectivity index (χ0v) is 58.4. The predicted molar refractivity (Wildman–Crippen MR) is 391 cm³/mol. The van der Waals surface area contributed by atoms with Crippen molar-refractivity contribution in [3.05, 3.63) is 269 Å².